The fourth-order valence-electron chi connectivity index (χ4n) is 1.27. The summed E-state index contributed by atoms with van der Waals surface area (Å²) in [5.41, 5.74) is 1.07. The van der Waals surface area contributed by atoms with Crippen LogP contribution in [0.5, 0.6) is 0 Å². The van der Waals surface area contributed by atoms with E-state index in [2.05, 4.69) is 10.3 Å². The maximum absolute atomic E-state index is 10.3. The van der Waals surface area contributed by atoms with Gasteiger partial charge in [0, 0.05) is 30.6 Å². The van der Waals surface area contributed by atoms with Gasteiger partial charge in [0.25, 0.3) is 0 Å². The van der Waals surface area contributed by atoms with Gasteiger partial charge in [0.2, 0.25) is 0 Å². The van der Waals surface area contributed by atoms with E-state index in [-0.39, 0.29) is 5.82 Å². The van der Waals surface area contributed by atoms with Crippen molar-refractivity contribution in [1.82, 2.24) is 10.3 Å². The summed E-state index contributed by atoms with van der Waals surface area (Å²) in [6.45, 7) is 1.89. The van der Waals surface area contributed by atoms with Gasteiger partial charge in [-0.25, -0.2) is 0 Å². The van der Waals surface area contributed by atoms with E-state index >= 15 is 0 Å². The van der Waals surface area contributed by atoms with Gasteiger partial charge in [0.1, 0.15) is 6.20 Å². The van der Waals surface area contributed by atoms with Gasteiger partial charge in [-0.1, -0.05) is 0 Å². The van der Waals surface area contributed by atoms with Gasteiger partial charge in [-0.2, -0.15) is 0 Å². The molecule has 1 saturated heterocycles. The Morgan fingerprint density at radius 2 is 2.31 bits per heavy atom. The average molecular weight is 179 g/mol. The lowest BCUT2D eigenvalue weighted by atomic mass is 9.95. The van der Waals surface area contributed by atoms with Gasteiger partial charge in [0.15, 0.2) is 0 Å². The number of rotatable bonds is 2. The predicted octanol–water partition coefficient (Wildman–Crippen LogP) is 0.677. The van der Waals surface area contributed by atoms with Gasteiger partial charge in [-0.3, -0.25) is 0 Å². The van der Waals surface area contributed by atoms with Crippen LogP contribution in [0.25, 0.3) is 0 Å². The Kier molecular flexibility index (Phi) is 1.94. The first kappa shape index (κ1) is 8.12. The molecule has 1 N–H and O–H groups in total. The number of pyridine rings is 1. The van der Waals surface area contributed by atoms with Crippen molar-refractivity contribution in [2.45, 2.75) is 5.92 Å². The number of nitrogens with one attached hydrogen (secondary N) is 1. The Morgan fingerprint density at radius 3 is 2.69 bits per heavy atom. The first-order valence-electron chi connectivity index (χ1n) is 4.08. The first-order valence-corrected chi connectivity index (χ1v) is 4.08. The van der Waals surface area contributed by atoms with Gasteiger partial charge >= 0.3 is 5.82 Å². The first-order chi connectivity index (χ1) is 6.27. The molecule has 0 aromatic carbocycles. The molecule has 13 heavy (non-hydrogen) atoms. The minimum absolute atomic E-state index is 0.0870. The van der Waals surface area contributed by atoms with Crippen LogP contribution in [-0.2, 0) is 0 Å². The van der Waals surface area contributed by atoms with E-state index in [1.807, 2.05) is 0 Å². The summed E-state index contributed by atoms with van der Waals surface area (Å²) in [5.74, 6) is 0.393. The summed E-state index contributed by atoms with van der Waals surface area (Å²) in [7, 11) is 0. The van der Waals surface area contributed by atoms with E-state index < -0.39 is 4.92 Å². The summed E-state index contributed by atoms with van der Waals surface area (Å²) in [5, 5.41) is 13.4. The van der Waals surface area contributed by atoms with E-state index in [9.17, 15) is 10.1 Å². The molecule has 0 spiro atoms. The molecule has 0 aliphatic carbocycles. The molecule has 1 aromatic heterocycles. The molecular formula is C8H9N3O2. The lowest BCUT2D eigenvalue weighted by Gasteiger charge is -2.26. The quantitative estimate of drug-likeness (QED) is 0.535. The Morgan fingerprint density at radius 1 is 1.54 bits per heavy atom. The molecule has 5 nitrogen and oxygen atoms in total. The van der Waals surface area contributed by atoms with Crippen LogP contribution in [0, 0.1) is 10.1 Å². The fraction of sp³-hybridized carbons (Fsp3) is 0.375. The largest absolute Gasteiger partial charge is 0.363 e. The number of hydrogen-bond acceptors (Lipinski definition) is 4. The fourth-order valence-corrected chi connectivity index (χ4v) is 1.27. The summed E-state index contributed by atoms with van der Waals surface area (Å²) < 4.78 is 0. The van der Waals surface area contributed by atoms with Gasteiger partial charge < -0.3 is 15.4 Å². The normalized spacial score (nSPS) is 16.6. The summed E-state index contributed by atoms with van der Waals surface area (Å²) in [6.07, 6.45) is 1.59. The van der Waals surface area contributed by atoms with E-state index in [1.165, 1.54) is 6.07 Å². The second-order valence-electron chi connectivity index (χ2n) is 3.06. The van der Waals surface area contributed by atoms with E-state index in [4.69, 9.17) is 0 Å². The third-order valence-electron chi connectivity index (χ3n) is 2.21. The highest BCUT2D eigenvalue weighted by Crippen LogP contribution is 2.20. The van der Waals surface area contributed by atoms with E-state index in [1.54, 1.807) is 12.3 Å². The van der Waals surface area contributed by atoms with Crippen molar-refractivity contribution in [2.75, 3.05) is 13.1 Å². The lowest BCUT2D eigenvalue weighted by Crippen LogP contribution is -2.39. The number of nitro groups is 1. The number of aromatic nitrogens is 1. The number of nitrogens with zero attached hydrogens (tertiary/aromatic N) is 2. The lowest BCUT2D eigenvalue weighted by molar-refractivity contribution is -0.389. The van der Waals surface area contributed by atoms with Crippen LogP contribution in [-0.4, -0.2) is 23.0 Å². The van der Waals surface area contributed by atoms with Gasteiger partial charge in [-0.05, 0) is 16.0 Å². The molecule has 1 aliphatic heterocycles. The molecule has 0 unspecified atom stereocenters. The van der Waals surface area contributed by atoms with Crippen molar-refractivity contribution in [2.24, 2.45) is 0 Å². The van der Waals surface area contributed by atoms with Gasteiger partial charge in [-0.15, -0.1) is 0 Å². The molecule has 1 aliphatic rings. The highest BCUT2D eigenvalue weighted by molar-refractivity contribution is 5.26. The second-order valence-corrected chi connectivity index (χ2v) is 3.06. The summed E-state index contributed by atoms with van der Waals surface area (Å²) in [4.78, 5) is 13.6. The van der Waals surface area contributed by atoms with Crippen LogP contribution in [0.3, 0.4) is 0 Å². The van der Waals surface area contributed by atoms with Crippen LogP contribution in [0.15, 0.2) is 18.3 Å². The average Bonchev–Trinajstić information content (AvgIpc) is 2.02. The van der Waals surface area contributed by atoms with Crippen LogP contribution in [0.1, 0.15) is 11.5 Å². The van der Waals surface area contributed by atoms with Crippen molar-refractivity contribution >= 4 is 5.82 Å². The Bertz CT molecular complexity index is 319. The summed E-state index contributed by atoms with van der Waals surface area (Å²) in [6, 6.07) is 3.23. The topological polar surface area (TPSA) is 68.1 Å². The molecule has 0 atom stereocenters. The smallest absolute Gasteiger partial charge is 0.358 e. The highest BCUT2D eigenvalue weighted by atomic mass is 16.6. The Balaban J connectivity index is 2.17. The molecule has 1 aromatic rings. The Hall–Kier alpha value is -1.49. The maximum Gasteiger partial charge on any atom is 0.363 e. The van der Waals surface area contributed by atoms with Crippen molar-refractivity contribution in [3.63, 3.8) is 0 Å². The Labute approximate surface area is 74.9 Å². The monoisotopic (exact) mass is 179 g/mol. The zero-order valence-corrected chi connectivity index (χ0v) is 6.93. The van der Waals surface area contributed by atoms with Gasteiger partial charge in [0.05, 0.1) is 0 Å². The molecule has 68 valence electrons. The SMILES string of the molecule is O=[N+]([O-])c1ccc(C2CNC2)cn1. The molecule has 5 heteroatoms. The molecule has 2 heterocycles. The molecular weight excluding hydrogens is 170 g/mol. The number of hydrogen-bond donors (Lipinski definition) is 1. The maximum atomic E-state index is 10.3. The van der Waals surface area contributed by atoms with Crippen LogP contribution >= 0.6 is 0 Å². The van der Waals surface area contributed by atoms with Crippen molar-refractivity contribution in [3.8, 4) is 0 Å². The zero-order valence-electron chi connectivity index (χ0n) is 6.93. The van der Waals surface area contributed by atoms with Crippen molar-refractivity contribution in [1.29, 1.82) is 0 Å². The molecule has 0 amide bonds. The zero-order chi connectivity index (χ0) is 9.26. The second kappa shape index (κ2) is 3.10. The predicted molar refractivity (Wildman–Crippen MR) is 46.5 cm³/mol. The molecule has 0 radical (unpaired) electrons. The minimum Gasteiger partial charge on any atom is -0.358 e. The van der Waals surface area contributed by atoms with Crippen molar-refractivity contribution < 1.29 is 4.92 Å². The molecule has 0 saturated carbocycles. The minimum atomic E-state index is -0.483. The molecule has 2 rings (SSSR count). The third-order valence-corrected chi connectivity index (χ3v) is 2.21. The van der Waals surface area contributed by atoms with Crippen molar-refractivity contribution in [3.05, 3.63) is 34.0 Å². The van der Waals surface area contributed by atoms with Crippen LogP contribution in [0.2, 0.25) is 0 Å². The standard InChI is InChI=1S/C8H9N3O2/c12-11(13)8-2-1-6(5-10-8)7-3-9-4-7/h1-2,5,7,9H,3-4H2. The molecule has 0 bridgehead atoms. The van der Waals surface area contributed by atoms with Crippen LogP contribution < -0.4 is 5.32 Å². The van der Waals surface area contributed by atoms with Crippen LogP contribution in [0.4, 0.5) is 5.82 Å². The van der Waals surface area contributed by atoms with E-state index in [0.29, 0.717) is 5.92 Å². The summed E-state index contributed by atoms with van der Waals surface area (Å²) >= 11 is 0. The van der Waals surface area contributed by atoms with E-state index in [0.717, 1.165) is 18.7 Å². The third kappa shape index (κ3) is 1.50. The molecule has 1 fully saturated rings. The highest BCUT2D eigenvalue weighted by Gasteiger charge is 2.20.